The van der Waals surface area contributed by atoms with E-state index >= 15 is 0 Å². The van der Waals surface area contributed by atoms with E-state index in [1.54, 1.807) is 54.6 Å². The zero-order valence-electron chi connectivity index (χ0n) is 12.5. The van der Waals surface area contributed by atoms with Gasteiger partial charge in [0.2, 0.25) is 5.88 Å². The monoisotopic (exact) mass is 333 g/mol. The van der Waals surface area contributed by atoms with Crippen LogP contribution in [0.1, 0.15) is 0 Å². The molecule has 120 valence electrons. The van der Waals surface area contributed by atoms with Gasteiger partial charge in [-0.25, -0.2) is 9.78 Å². The van der Waals surface area contributed by atoms with Crippen LogP contribution in [0.15, 0.2) is 42.6 Å². The molecule has 1 aliphatic rings. The summed E-state index contributed by atoms with van der Waals surface area (Å²) in [7, 11) is 1.60. The van der Waals surface area contributed by atoms with Gasteiger partial charge in [-0.1, -0.05) is 11.6 Å². The Kier molecular flexibility index (Phi) is 4.52. The van der Waals surface area contributed by atoms with E-state index < -0.39 is 0 Å². The van der Waals surface area contributed by atoms with E-state index in [2.05, 4.69) is 10.3 Å². The molecule has 1 aromatic heterocycles. The number of carbonyl (C=O) groups is 1. The van der Waals surface area contributed by atoms with E-state index in [9.17, 15) is 4.79 Å². The highest BCUT2D eigenvalue weighted by Crippen LogP contribution is 2.24. The SMILES string of the molecule is COc1ccc(NC(=O)N2CC(Oc3ncccc3Cl)C2)cc1. The first-order chi connectivity index (χ1) is 11.2. The van der Waals surface area contributed by atoms with Gasteiger partial charge in [-0.2, -0.15) is 0 Å². The second-order valence-electron chi connectivity index (χ2n) is 5.09. The van der Waals surface area contributed by atoms with Gasteiger partial charge in [0, 0.05) is 11.9 Å². The van der Waals surface area contributed by atoms with Crippen LogP contribution in [0.5, 0.6) is 11.6 Å². The molecule has 1 aromatic carbocycles. The average molecular weight is 334 g/mol. The Morgan fingerprint density at radius 1 is 1.30 bits per heavy atom. The topological polar surface area (TPSA) is 63.7 Å². The van der Waals surface area contributed by atoms with Gasteiger partial charge in [-0.05, 0) is 36.4 Å². The number of nitrogens with one attached hydrogen (secondary N) is 1. The molecule has 0 atom stereocenters. The van der Waals surface area contributed by atoms with E-state index in [-0.39, 0.29) is 12.1 Å². The van der Waals surface area contributed by atoms with Crippen molar-refractivity contribution in [1.82, 2.24) is 9.88 Å². The van der Waals surface area contributed by atoms with Crippen molar-refractivity contribution in [1.29, 1.82) is 0 Å². The van der Waals surface area contributed by atoms with Crippen LogP contribution in [0, 0.1) is 0 Å². The minimum absolute atomic E-state index is 0.0935. The summed E-state index contributed by atoms with van der Waals surface area (Å²) >= 11 is 5.99. The molecule has 3 rings (SSSR count). The number of ether oxygens (including phenoxy) is 2. The zero-order valence-corrected chi connectivity index (χ0v) is 13.3. The van der Waals surface area contributed by atoms with Crippen molar-refractivity contribution in [3.05, 3.63) is 47.6 Å². The van der Waals surface area contributed by atoms with E-state index in [0.29, 0.717) is 29.7 Å². The summed E-state index contributed by atoms with van der Waals surface area (Å²) in [6.45, 7) is 0.990. The molecule has 2 heterocycles. The predicted molar refractivity (Wildman–Crippen MR) is 87.2 cm³/mol. The lowest BCUT2D eigenvalue weighted by molar-refractivity contribution is 0.0462. The lowest BCUT2D eigenvalue weighted by atomic mass is 10.2. The maximum Gasteiger partial charge on any atom is 0.322 e. The van der Waals surface area contributed by atoms with Crippen LogP contribution in [0.2, 0.25) is 5.02 Å². The lowest BCUT2D eigenvalue weighted by Gasteiger charge is -2.38. The third-order valence-electron chi connectivity index (χ3n) is 3.48. The summed E-state index contributed by atoms with van der Waals surface area (Å²) in [5.41, 5.74) is 0.716. The number of hydrogen-bond acceptors (Lipinski definition) is 4. The quantitative estimate of drug-likeness (QED) is 0.934. The summed E-state index contributed by atoms with van der Waals surface area (Å²) in [6, 6.07) is 10.5. The molecule has 0 spiro atoms. The minimum atomic E-state index is -0.165. The molecule has 0 bridgehead atoms. The molecule has 7 heteroatoms. The lowest BCUT2D eigenvalue weighted by Crippen LogP contribution is -2.57. The minimum Gasteiger partial charge on any atom is -0.497 e. The van der Waals surface area contributed by atoms with Gasteiger partial charge in [0.1, 0.15) is 16.9 Å². The number of anilines is 1. The first-order valence-electron chi connectivity index (χ1n) is 7.13. The van der Waals surface area contributed by atoms with Crippen LogP contribution >= 0.6 is 11.6 Å². The van der Waals surface area contributed by atoms with E-state index in [4.69, 9.17) is 21.1 Å². The van der Waals surface area contributed by atoms with Gasteiger partial charge in [0.15, 0.2) is 0 Å². The fraction of sp³-hybridized carbons (Fsp3) is 0.250. The molecule has 1 saturated heterocycles. The second-order valence-corrected chi connectivity index (χ2v) is 5.50. The van der Waals surface area contributed by atoms with Gasteiger partial charge >= 0.3 is 6.03 Å². The smallest absolute Gasteiger partial charge is 0.322 e. The van der Waals surface area contributed by atoms with Crippen LogP contribution < -0.4 is 14.8 Å². The van der Waals surface area contributed by atoms with Gasteiger partial charge in [0.25, 0.3) is 0 Å². The Bertz CT molecular complexity index is 687. The molecule has 0 unspecified atom stereocenters. The van der Waals surface area contributed by atoms with Crippen molar-refractivity contribution in [2.45, 2.75) is 6.10 Å². The Morgan fingerprint density at radius 2 is 2.04 bits per heavy atom. The molecule has 6 nitrogen and oxygen atoms in total. The standard InChI is InChI=1S/C16H16ClN3O3/c1-22-12-6-4-11(5-7-12)19-16(21)20-9-13(10-20)23-15-14(17)3-2-8-18-15/h2-8,13H,9-10H2,1H3,(H,19,21). The van der Waals surface area contributed by atoms with E-state index in [0.717, 1.165) is 5.75 Å². The Labute approximate surface area is 139 Å². The highest BCUT2D eigenvalue weighted by Gasteiger charge is 2.33. The largest absolute Gasteiger partial charge is 0.497 e. The number of urea groups is 1. The number of rotatable bonds is 4. The van der Waals surface area contributed by atoms with Crippen LogP contribution in [0.25, 0.3) is 0 Å². The Hall–Kier alpha value is -2.47. The number of methoxy groups -OCH3 is 1. The number of carbonyl (C=O) groups excluding carboxylic acids is 1. The van der Waals surface area contributed by atoms with Gasteiger partial charge in [0.05, 0.1) is 20.2 Å². The van der Waals surface area contributed by atoms with Gasteiger partial charge < -0.3 is 19.7 Å². The number of benzene rings is 1. The highest BCUT2D eigenvalue weighted by atomic mass is 35.5. The fourth-order valence-electron chi connectivity index (χ4n) is 2.17. The van der Waals surface area contributed by atoms with Gasteiger partial charge in [-0.15, -0.1) is 0 Å². The molecular formula is C16H16ClN3O3. The fourth-order valence-corrected chi connectivity index (χ4v) is 2.34. The summed E-state index contributed by atoms with van der Waals surface area (Å²) in [5, 5.41) is 3.29. The van der Waals surface area contributed by atoms with E-state index in [1.165, 1.54) is 0 Å². The summed E-state index contributed by atoms with van der Waals surface area (Å²) < 4.78 is 10.7. The Morgan fingerprint density at radius 3 is 2.70 bits per heavy atom. The maximum absolute atomic E-state index is 12.1. The summed E-state index contributed by atoms with van der Waals surface area (Å²) in [4.78, 5) is 17.8. The average Bonchev–Trinajstić information content (AvgIpc) is 2.52. The number of hydrogen-bond donors (Lipinski definition) is 1. The van der Waals surface area contributed by atoms with Gasteiger partial charge in [-0.3, -0.25) is 0 Å². The van der Waals surface area contributed by atoms with Crippen LogP contribution in [0.4, 0.5) is 10.5 Å². The van der Waals surface area contributed by atoms with Crippen LogP contribution in [0.3, 0.4) is 0 Å². The number of pyridine rings is 1. The highest BCUT2D eigenvalue weighted by molar-refractivity contribution is 6.31. The molecule has 2 aromatic rings. The first-order valence-corrected chi connectivity index (χ1v) is 7.50. The van der Waals surface area contributed by atoms with Crippen molar-refractivity contribution in [2.75, 3.05) is 25.5 Å². The molecule has 0 aliphatic carbocycles. The molecule has 1 fully saturated rings. The third-order valence-corrected chi connectivity index (χ3v) is 3.77. The zero-order chi connectivity index (χ0) is 16.2. The van der Waals surface area contributed by atoms with Crippen molar-refractivity contribution in [2.24, 2.45) is 0 Å². The van der Waals surface area contributed by atoms with E-state index in [1.807, 2.05) is 0 Å². The molecule has 23 heavy (non-hydrogen) atoms. The number of aromatic nitrogens is 1. The van der Waals surface area contributed by atoms with Crippen LogP contribution in [-0.4, -0.2) is 42.2 Å². The summed E-state index contributed by atoms with van der Waals surface area (Å²) in [6.07, 6.45) is 1.53. The number of amides is 2. The van der Waals surface area contributed by atoms with Crippen molar-refractivity contribution < 1.29 is 14.3 Å². The molecule has 0 radical (unpaired) electrons. The van der Waals surface area contributed by atoms with Crippen molar-refractivity contribution >= 4 is 23.3 Å². The molecule has 0 saturated carbocycles. The normalized spacial score (nSPS) is 14.1. The molecule has 1 aliphatic heterocycles. The third kappa shape index (κ3) is 3.65. The Balaban J connectivity index is 1.48. The molecular weight excluding hydrogens is 318 g/mol. The molecule has 1 N–H and O–H groups in total. The predicted octanol–water partition coefficient (Wildman–Crippen LogP) is 3.04. The van der Waals surface area contributed by atoms with Crippen molar-refractivity contribution in [3.8, 4) is 11.6 Å². The van der Waals surface area contributed by atoms with Crippen LogP contribution in [-0.2, 0) is 0 Å². The number of halogens is 1. The van der Waals surface area contributed by atoms with Crippen molar-refractivity contribution in [3.63, 3.8) is 0 Å². The maximum atomic E-state index is 12.1. The molecule has 2 amide bonds. The first kappa shape index (κ1) is 15.4. The number of likely N-dealkylation sites (tertiary alicyclic amines) is 1. The summed E-state index contributed by atoms with van der Waals surface area (Å²) in [5.74, 6) is 1.14. The second kappa shape index (κ2) is 6.75. The number of nitrogens with zero attached hydrogens (tertiary/aromatic N) is 2.